The summed E-state index contributed by atoms with van der Waals surface area (Å²) in [7, 11) is -2.07. The third-order valence-electron chi connectivity index (χ3n) is 1.66. The minimum atomic E-state index is -3.55. The molecule has 0 aliphatic heterocycles. The van der Waals surface area contributed by atoms with Crippen molar-refractivity contribution >= 4 is 10.0 Å². The first-order valence-corrected chi connectivity index (χ1v) is 5.72. The second-order valence-electron chi connectivity index (χ2n) is 2.78. The Bertz CT molecular complexity index is 445. The van der Waals surface area contributed by atoms with E-state index < -0.39 is 10.0 Å². The van der Waals surface area contributed by atoms with Crippen LogP contribution in [0.1, 0.15) is 0 Å². The highest BCUT2D eigenvalue weighted by Gasteiger charge is 2.12. The largest absolute Gasteiger partial charge is 0.383 e. The molecule has 0 spiro atoms. The van der Waals surface area contributed by atoms with Gasteiger partial charge in [-0.25, -0.2) is 13.1 Å². The fourth-order valence-corrected chi connectivity index (χ4v) is 1.90. The summed E-state index contributed by atoms with van der Waals surface area (Å²) in [6, 6.07) is 2.40. The average Bonchev–Trinajstić information content (AvgIpc) is 2.18. The summed E-state index contributed by atoms with van der Waals surface area (Å²) < 4.78 is 30.1. The second-order valence-corrected chi connectivity index (χ2v) is 4.55. The van der Waals surface area contributed by atoms with Gasteiger partial charge in [0.05, 0.1) is 11.5 Å². The third-order valence-corrected chi connectivity index (χ3v) is 3.12. The monoisotopic (exact) mass is 232 g/mol. The third kappa shape index (κ3) is 3.46. The lowest BCUT2D eigenvalue weighted by molar-refractivity contribution is 0.204. The Morgan fingerprint density at radius 2 is 2.20 bits per heavy atom. The Morgan fingerprint density at radius 1 is 1.47 bits per heavy atom. The van der Waals surface area contributed by atoms with Gasteiger partial charge in [0.25, 0.3) is 0 Å². The molecule has 6 nitrogen and oxygen atoms in total. The Morgan fingerprint density at radius 3 is 2.73 bits per heavy atom. The number of rotatable bonds is 5. The molecule has 1 rings (SSSR count). The van der Waals surface area contributed by atoms with Gasteiger partial charge in [0.1, 0.15) is 0 Å². The standard InChI is InChI=1S/C8H12N2O4S/c1-14-5-4-10-15(12,13)7-2-3-8(11)9-6-7/h2-3,6,10H,4-5H2,1H3,(H,9,11). The number of sulfonamides is 1. The smallest absolute Gasteiger partial charge is 0.247 e. The molecule has 0 aromatic carbocycles. The zero-order valence-electron chi connectivity index (χ0n) is 8.19. The first-order chi connectivity index (χ1) is 7.06. The fourth-order valence-electron chi connectivity index (χ4n) is 0.925. The van der Waals surface area contributed by atoms with Crippen LogP contribution in [0.3, 0.4) is 0 Å². The maximum absolute atomic E-state index is 11.5. The number of hydrogen-bond acceptors (Lipinski definition) is 4. The van der Waals surface area contributed by atoms with E-state index in [1.54, 1.807) is 0 Å². The molecule has 2 N–H and O–H groups in total. The SMILES string of the molecule is COCCNS(=O)(=O)c1ccc(=O)[nH]c1. The molecule has 0 aliphatic carbocycles. The summed E-state index contributed by atoms with van der Waals surface area (Å²) in [6.45, 7) is 0.487. The molecule has 1 aromatic heterocycles. The van der Waals surface area contributed by atoms with Crippen LogP contribution in [0.4, 0.5) is 0 Å². The van der Waals surface area contributed by atoms with Crippen molar-refractivity contribution in [2.45, 2.75) is 4.90 Å². The van der Waals surface area contributed by atoms with Crippen molar-refractivity contribution in [1.82, 2.24) is 9.71 Å². The molecule has 0 radical (unpaired) electrons. The number of aromatic amines is 1. The molecule has 0 atom stereocenters. The van der Waals surface area contributed by atoms with E-state index in [0.717, 1.165) is 12.3 Å². The zero-order valence-corrected chi connectivity index (χ0v) is 9.00. The van der Waals surface area contributed by atoms with Crippen molar-refractivity contribution in [3.63, 3.8) is 0 Å². The predicted octanol–water partition coefficient (Wildman–Crippen LogP) is -0.700. The van der Waals surface area contributed by atoms with E-state index in [1.807, 2.05) is 0 Å². The molecule has 84 valence electrons. The topological polar surface area (TPSA) is 88.3 Å². The Balaban J connectivity index is 2.77. The van der Waals surface area contributed by atoms with Crippen LogP contribution in [-0.2, 0) is 14.8 Å². The van der Waals surface area contributed by atoms with E-state index in [1.165, 1.54) is 13.2 Å². The summed E-state index contributed by atoms with van der Waals surface area (Å²) in [5.41, 5.74) is -0.342. The van der Waals surface area contributed by atoms with Gasteiger partial charge in [-0.3, -0.25) is 4.79 Å². The number of ether oxygens (including phenoxy) is 1. The van der Waals surface area contributed by atoms with Gasteiger partial charge in [-0.1, -0.05) is 0 Å². The van der Waals surface area contributed by atoms with Crippen LogP contribution in [0.15, 0.2) is 28.0 Å². The van der Waals surface area contributed by atoms with Crippen LogP contribution in [0.25, 0.3) is 0 Å². The molecule has 1 aromatic rings. The van der Waals surface area contributed by atoms with Crippen LogP contribution >= 0.6 is 0 Å². The molecule has 0 saturated carbocycles. The lowest BCUT2D eigenvalue weighted by Crippen LogP contribution is -2.27. The van der Waals surface area contributed by atoms with Crippen molar-refractivity contribution in [2.24, 2.45) is 0 Å². The van der Waals surface area contributed by atoms with Crippen molar-refractivity contribution in [3.8, 4) is 0 Å². The minimum absolute atomic E-state index is 0.0261. The Hall–Kier alpha value is -1.18. The predicted molar refractivity (Wildman–Crippen MR) is 54.1 cm³/mol. The summed E-state index contributed by atoms with van der Waals surface area (Å²) in [4.78, 5) is 13.0. The number of nitrogens with one attached hydrogen (secondary N) is 2. The maximum Gasteiger partial charge on any atom is 0.247 e. The van der Waals surface area contributed by atoms with Gasteiger partial charge in [-0.05, 0) is 6.07 Å². The van der Waals surface area contributed by atoms with E-state index in [9.17, 15) is 13.2 Å². The Kier molecular flexibility index (Phi) is 4.01. The summed E-state index contributed by atoms with van der Waals surface area (Å²) >= 11 is 0. The molecule has 0 unspecified atom stereocenters. The molecule has 0 bridgehead atoms. The molecule has 7 heteroatoms. The highest BCUT2D eigenvalue weighted by atomic mass is 32.2. The van der Waals surface area contributed by atoms with E-state index in [4.69, 9.17) is 4.74 Å². The van der Waals surface area contributed by atoms with Crippen LogP contribution in [0, 0.1) is 0 Å². The zero-order chi connectivity index (χ0) is 11.3. The maximum atomic E-state index is 11.5. The summed E-state index contributed by atoms with van der Waals surface area (Å²) in [6.07, 6.45) is 1.15. The van der Waals surface area contributed by atoms with Gasteiger partial charge in [-0.15, -0.1) is 0 Å². The second kappa shape index (κ2) is 5.06. The molecule has 0 saturated heterocycles. The van der Waals surface area contributed by atoms with Gasteiger partial charge in [0.15, 0.2) is 0 Å². The van der Waals surface area contributed by atoms with Gasteiger partial charge in [0, 0.05) is 25.9 Å². The highest BCUT2D eigenvalue weighted by Crippen LogP contribution is 2.02. The molecule has 15 heavy (non-hydrogen) atoms. The number of pyridine rings is 1. The molecule has 0 fully saturated rings. The summed E-state index contributed by atoms with van der Waals surface area (Å²) in [5.74, 6) is 0. The number of hydrogen-bond donors (Lipinski definition) is 2. The van der Waals surface area contributed by atoms with E-state index >= 15 is 0 Å². The van der Waals surface area contributed by atoms with Gasteiger partial charge in [-0.2, -0.15) is 0 Å². The van der Waals surface area contributed by atoms with Crippen molar-refractivity contribution in [2.75, 3.05) is 20.3 Å². The van der Waals surface area contributed by atoms with Crippen molar-refractivity contribution < 1.29 is 13.2 Å². The van der Waals surface area contributed by atoms with E-state index in [2.05, 4.69) is 9.71 Å². The molecular weight excluding hydrogens is 220 g/mol. The van der Waals surface area contributed by atoms with Crippen LogP contribution in [0.5, 0.6) is 0 Å². The lowest BCUT2D eigenvalue weighted by Gasteiger charge is -2.04. The molecule has 0 aliphatic rings. The Labute approximate surface area is 87.3 Å². The van der Waals surface area contributed by atoms with Gasteiger partial charge >= 0.3 is 0 Å². The lowest BCUT2D eigenvalue weighted by atomic mass is 10.5. The quantitative estimate of drug-likeness (QED) is 0.657. The number of aromatic nitrogens is 1. The van der Waals surface area contributed by atoms with Crippen molar-refractivity contribution in [1.29, 1.82) is 0 Å². The number of methoxy groups -OCH3 is 1. The normalized spacial score (nSPS) is 11.5. The minimum Gasteiger partial charge on any atom is -0.383 e. The van der Waals surface area contributed by atoms with E-state index in [-0.39, 0.29) is 17.0 Å². The average molecular weight is 232 g/mol. The van der Waals surface area contributed by atoms with Crippen LogP contribution in [0.2, 0.25) is 0 Å². The molecule has 0 amide bonds. The highest BCUT2D eigenvalue weighted by molar-refractivity contribution is 7.89. The van der Waals surface area contributed by atoms with Crippen LogP contribution < -0.4 is 10.3 Å². The van der Waals surface area contributed by atoms with E-state index in [0.29, 0.717) is 6.61 Å². The van der Waals surface area contributed by atoms with Gasteiger partial charge in [0.2, 0.25) is 15.6 Å². The van der Waals surface area contributed by atoms with Crippen LogP contribution in [-0.4, -0.2) is 33.7 Å². The fraction of sp³-hybridized carbons (Fsp3) is 0.375. The first kappa shape index (κ1) is 11.9. The first-order valence-electron chi connectivity index (χ1n) is 4.23. The molecule has 1 heterocycles. The number of H-pyrrole nitrogens is 1. The van der Waals surface area contributed by atoms with Gasteiger partial charge < -0.3 is 9.72 Å². The molecular formula is C8H12N2O4S. The van der Waals surface area contributed by atoms with Crippen molar-refractivity contribution in [3.05, 3.63) is 28.7 Å². The summed E-state index contributed by atoms with van der Waals surface area (Å²) in [5, 5.41) is 0.